The lowest BCUT2D eigenvalue weighted by Crippen LogP contribution is -2.35. The maximum absolute atomic E-state index is 13.1. The maximum atomic E-state index is 13.1. The summed E-state index contributed by atoms with van der Waals surface area (Å²) >= 11 is 0. The molecule has 0 saturated heterocycles. The van der Waals surface area contributed by atoms with E-state index in [1.807, 2.05) is 30.3 Å². The van der Waals surface area contributed by atoms with Gasteiger partial charge < -0.3 is 14.6 Å². The lowest BCUT2D eigenvalue weighted by molar-refractivity contribution is -0.114. The Bertz CT molecular complexity index is 1040. The molecule has 1 aliphatic heterocycles. The monoisotopic (exact) mass is 378 g/mol. The minimum Gasteiger partial charge on any atom is -0.461 e. The van der Waals surface area contributed by atoms with E-state index in [2.05, 4.69) is 5.32 Å². The molecule has 28 heavy (non-hydrogen) atoms. The van der Waals surface area contributed by atoms with Gasteiger partial charge in [-0.3, -0.25) is 9.59 Å². The number of rotatable bonds is 3. The van der Waals surface area contributed by atoms with Crippen LogP contribution in [0.5, 0.6) is 0 Å². The Labute approximate surface area is 161 Å². The molecule has 0 bridgehead atoms. The van der Waals surface area contributed by atoms with Crippen LogP contribution < -0.4 is 5.32 Å². The third-order valence-electron chi connectivity index (χ3n) is 4.71. The molecule has 0 unspecified atom stereocenters. The lowest BCUT2D eigenvalue weighted by atomic mass is 10.1. The van der Waals surface area contributed by atoms with Crippen molar-refractivity contribution in [3.63, 3.8) is 0 Å². The summed E-state index contributed by atoms with van der Waals surface area (Å²) in [6.45, 7) is 2.45. The number of hydrogen-bond acceptors (Lipinski definition) is 3. The second kappa shape index (κ2) is 7.31. The van der Waals surface area contributed by atoms with Gasteiger partial charge in [0.05, 0.1) is 0 Å². The van der Waals surface area contributed by atoms with Crippen molar-refractivity contribution >= 4 is 17.5 Å². The van der Waals surface area contributed by atoms with Crippen LogP contribution in [0.2, 0.25) is 0 Å². The quantitative estimate of drug-likeness (QED) is 0.741. The van der Waals surface area contributed by atoms with Crippen molar-refractivity contribution in [2.24, 2.45) is 0 Å². The number of nitrogens with one attached hydrogen (secondary N) is 1. The van der Waals surface area contributed by atoms with Crippen LogP contribution in [-0.2, 0) is 17.8 Å². The molecule has 6 heteroatoms. The average molecular weight is 378 g/mol. The van der Waals surface area contributed by atoms with Crippen LogP contribution in [0, 0.1) is 5.82 Å². The van der Waals surface area contributed by atoms with Gasteiger partial charge in [0.15, 0.2) is 0 Å². The first-order valence-corrected chi connectivity index (χ1v) is 9.04. The minimum absolute atomic E-state index is 0.124. The second-order valence-corrected chi connectivity index (χ2v) is 6.80. The number of fused-ring (bicyclic) bond motifs is 1. The Morgan fingerprint density at radius 3 is 2.64 bits per heavy atom. The molecule has 1 N–H and O–H groups in total. The molecule has 5 nitrogen and oxygen atoms in total. The van der Waals surface area contributed by atoms with Gasteiger partial charge in [-0.15, -0.1) is 0 Å². The molecule has 0 fully saturated rings. The first-order chi connectivity index (χ1) is 13.5. The van der Waals surface area contributed by atoms with Crippen molar-refractivity contribution < 1.29 is 18.4 Å². The number of carbonyl (C=O) groups is 2. The van der Waals surface area contributed by atoms with E-state index in [-0.39, 0.29) is 17.6 Å². The summed E-state index contributed by atoms with van der Waals surface area (Å²) in [7, 11) is 0. The molecule has 0 radical (unpaired) electrons. The Hall–Kier alpha value is -3.41. The molecule has 0 saturated carbocycles. The predicted molar refractivity (Wildman–Crippen MR) is 103 cm³/mol. The van der Waals surface area contributed by atoms with Crippen molar-refractivity contribution in [3.05, 3.63) is 77.3 Å². The number of carbonyl (C=O) groups excluding carboxylic acids is 2. The van der Waals surface area contributed by atoms with E-state index in [4.69, 9.17) is 4.42 Å². The first kappa shape index (κ1) is 18.0. The van der Waals surface area contributed by atoms with Crippen molar-refractivity contribution in [2.75, 3.05) is 11.9 Å². The van der Waals surface area contributed by atoms with Gasteiger partial charge in [-0.25, -0.2) is 4.39 Å². The van der Waals surface area contributed by atoms with Gasteiger partial charge in [0.25, 0.3) is 5.91 Å². The van der Waals surface area contributed by atoms with Crippen LogP contribution in [0.3, 0.4) is 0 Å². The van der Waals surface area contributed by atoms with E-state index < -0.39 is 0 Å². The number of halogens is 1. The highest BCUT2D eigenvalue weighted by molar-refractivity contribution is 5.94. The summed E-state index contributed by atoms with van der Waals surface area (Å²) in [6.07, 6.45) is 0.619. The van der Waals surface area contributed by atoms with Crippen molar-refractivity contribution in [3.8, 4) is 11.3 Å². The van der Waals surface area contributed by atoms with Gasteiger partial charge in [-0.1, -0.05) is 12.1 Å². The first-order valence-electron chi connectivity index (χ1n) is 9.04. The summed E-state index contributed by atoms with van der Waals surface area (Å²) in [5.74, 6) is 0.946. The largest absolute Gasteiger partial charge is 0.461 e. The van der Waals surface area contributed by atoms with Crippen LogP contribution in [0.25, 0.3) is 11.3 Å². The van der Waals surface area contributed by atoms with E-state index in [1.165, 1.54) is 31.2 Å². The normalized spacial score (nSPS) is 13.1. The summed E-state index contributed by atoms with van der Waals surface area (Å²) < 4.78 is 19.1. The molecule has 1 aliphatic rings. The molecule has 0 atom stereocenters. The standard InChI is InChI=1S/C22H19FN2O3/c1-14(26)24-19-4-2-3-16(11-19)21-12-17-13-25(10-9-20(17)28-21)22(27)15-5-7-18(23)8-6-15/h2-8,11-12H,9-10,13H2,1H3,(H,24,26). The van der Waals surface area contributed by atoms with Gasteiger partial charge in [0.2, 0.25) is 5.91 Å². The Morgan fingerprint density at radius 2 is 1.89 bits per heavy atom. The third-order valence-corrected chi connectivity index (χ3v) is 4.71. The van der Waals surface area contributed by atoms with E-state index in [9.17, 15) is 14.0 Å². The number of nitrogens with zero attached hydrogens (tertiary/aromatic N) is 1. The van der Waals surface area contributed by atoms with Crippen LogP contribution in [0.4, 0.5) is 10.1 Å². The maximum Gasteiger partial charge on any atom is 0.254 e. The van der Waals surface area contributed by atoms with E-state index in [0.717, 1.165) is 16.9 Å². The molecule has 4 rings (SSSR count). The molecule has 3 aromatic rings. The number of benzene rings is 2. The van der Waals surface area contributed by atoms with Crippen LogP contribution in [-0.4, -0.2) is 23.3 Å². The van der Waals surface area contributed by atoms with Crippen molar-refractivity contribution in [1.29, 1.82) is 0 Å². The average Bonchev–Trinajstić information content (AvgIpc) is 3.11. The van der Waals surface area contributed by atoms with Gasteiger partial charge in [-0.05, 0) is 42.5 Å². The topological polar surface area (TPSA) is 62.6 Å². The smallest absolute Gasteiger partial charge is 0.254 e. The Balaban J connectivity index is 1.54. The highest BCUT2D eigenvalue weighted by atomic mass is 19.1. The fourth-order valence-corrected chi connectivity index (χ4v) is 3.38. The van der Waals surface area contributed by atoms with Gasteiger partial charge in [-0.2, -0.15) is 0 Å². The molecule has 0 spiro atoms. The van der Waals surface area contributed by atoms with Gasteiger partial charge in [0, 0.05) is 48.8 Å². The summed E-state index contributed by atoms with van der Waals surface area (Å²) in [5.41, 5.74) is 2.99. The molecule has 0 aliphatic carbocycles. The molecular weight excluding hydrogens is 359 g/mol. The minimum atomic E-state index is -0.363. The van der Waals surface area contributed by atoms with Gasteiger partial charge in [0.1, 0.15) is 17.3 Å². The molecule has 2 heterocycles. The predicted octanol–water partition coefficient (Wildman–Crippen LogP) is 4.24. The van der Waals surface area contributed by atoms with Crippen LogP contribution in [0.15, 0.2) is 59.0 Å². The lowest BCUT2D eigenvalue weighted by Gasteiger charge is -2.26. The summed E-state index contributed by atoms with van der Waals surface area (Å²) in [5, 5.41) is 2.76. The molecule has 2 aromatic carbocycles. The van der Waals surface area contributed by atoms with E-state index in [1.54, 1.807) is 4.90 Å². The summed E-state index contributed by atoms with van der Waals surface area (Å²) in [4.78, 5) is 25.7. The number of amides is 2. The van der Waals surface area contributed by atoms with Crippen molar-refractivity contribution in [2.45, 2.75) is 19.9 Å². The molecule has 2 amide bonds. The molecule has 1 aromatic heterocycles. The SMILES string of the molecule is CC(=O)Nc1cccc(-c2cc3c(o2)CCN(C(=O)c2ccc(F)cc2)C3)c1. The third kappa shape index (κ3) is 3.67. The second-order valence-electron chi connectivity index (χ2n) is 6.80. The Kier molecular flexibility index (Phi) is 4.69. The highest BCUT2D eigenvalue weighted by Gasteiger charge is 2.25. The molecule has 142 valence electrons. The van der Waals surface area contributed by atoms with Crippen LogP contribution >= 0.6 is 0 Å². The zero-order valence-electron chi connectivity index (χ0n) is 15.4. The van der Waals surface area contributed by atoms with E-state index in [0.29, 0.717) is 36.5 Å². The number of anilines is 1. The number of furan rings is 1. The zero-order chi connectivity index (χ0) is 19.7. The zero-order valence-corrected chi connectivity index (χ0v) is 15.4. The summed E-state index contributed by atoms with van der Waals surface area (Å²) in [6, 6.07) is 15.0. The van der Waals surface area contributed by atoms with Gasteiger partial charge >= 0.3 is 0 Å². The fraction of sp³-hybridized carbons (Fsp3) is 0.182. The van der Waals surface area contributed by atoms with E-state index >= 15 is 0 Å². The molecular formula is C22H19FN2O3. The number of hydrogen-bond donors (Lipinski definition) is 1. The van der Waals surface area contributed by atoms with Crippen LogP contribution in [0.1, 0.15) is 28.6 Å². The Morgan fingerprint density at radius 1 is 1.11 bits per heavy atom. The highest BCUT2D eigenvalue weighted by Crippen LogP contribution is 2.31. The fourth-order valence-electron chi connectivity index (χ4n) is 3.38. The van der Waals surface area contributed by atoms with Crippen molar-refractivity contribution in [1.82, 2.24) is 4.90 Å².